The van der Waals surface area contributed by atoms with Crippen LogP contribution in [0.3, 0.4) is 0 Å². The van der Waals surface area contributed by atoms with Crippen LogP contribution in [0.4, 0.5) is 0 Å². The molecule has 8 heteroatoms. The first-order valence-electron chi connectivity index (χ1n) is 9.85. The Labute approximate surface area is 193 Å². The van der Waals surface area contributed by atoms with Crippen LogP contribution in [0.2, 0.25) is 0 Å². The van der Waals surface area contributed by atoms with E-state index in [1.807, 2.05) is 85.0 Å². The van der Waals surface area contributed by atoms with Gasteiger partial charge >= 0.3 is 0 Å². The van der Waals surface area contributed by atoms with Crippen molar-refractivity contribution in [1.82, 2.24) is 15.2 Å². The van der Waals surface area contributed by atoms with Gasteiger partial charge in [0.05, 0.1) is 29.5 Å². The lowest BCUT2D eigenvalue weighted by atomic mass is 10.1. The van der Waals surface area contributed by atoms with E-state index in [1.165, 1.54) is 6.34 Å². The van der Waals surface area contributed by atoms with Gasteiger partial charge in [-0.2, -0.15) is 0 Å². The zero-order chi connectivity index (χ0) is 22.1. The van der Waals surface area contributed by atoms with Crippen LogP contribution in [0, 0.1) is 19.3 Å². The molecule has 1 atom stereocenters. The number of para-hydroxylation sites is 1. The number of nitrogens with zero attached hydrogens (tertiary/aromatic N) is 2. The maximum atomic E-state index is 13.6. The lowest BCUT2D eigenvalue weighted by molar-refractivity contribution is 0.687. The highest BCUT2D eigenvalue weighted by Gasteiger charge is 2.21. The highest BCUT2D eigenvalue weighted by Crippen LogP contribution is 2.21. The molecule has 0 radical (unpaired) electrons. The van der Waals surface area contributed by atoms with Crippen molar-refractivity contribution in [2.45, 2.75) is 26.6 Å². The van der Waals surface area contributed by atoms with Gasteiger partial charge in [-0.25, -0.2) is 0 Å². The first-order chi connectivity index (χ1) is 14.9. The maximum Gasteiger partial charge on any atom is 0.263 e. The summed E-state index contributed by atoms with van der Waals surface area (Å²) in [6.45, 7) is 4.32. The van der Waals surface area contributed by atoms with Crippen LogP contribution in [0.5, 0.6) is 0 Å². The van der Waals surface area contributed by atoms with Crippen molar-refractivity contribution in [3.05, 3.63) is 87.1 Å². The molecule has 1 aliphatic rings. The minimum absolute atomic E-state index is 0.0487. The topological polar surface area (TPSA) is 108 Å². The maximum absolute atomic E-state index is 13.6. The first-order valence-corrected chi connectivity index (χ1v) is 10.9. The number of nitrogens with one attached hydrogen (secondary N) is 3. The molecule has 1 unspecified atom stereocenters. The van der Waals surface area contributed by atoms with Gasteiger partial charge in [0, 0.05) is 5.69 Å². The summed E-state index contributed by atoms with van der Waals surface area (Å²) in [6, 6.07) is 15.8. The van der Waals surface area contributed by atoms with Gasteiger partial charge < -0.3 is 16.4 Å². The number of aliphatic imine (C=N–C) groups is 1. The third-order valence-electron chi connectivity index (χ3n) is 5.38. The third-order valence-corrected chi connectivity index (χ3v) is 5.96. The number of hydrogen-bond donors (Lipinski definition) is 4. The fourth-order valence-corrected chi connectivity index (χ4v) is 4.43. The summed E-state index contributed by atoms with van der Waals surface area (Å²) in [5, 5.41) is 16.0. The summed E-state index contributed by atoms with van der Waals surface area (Å²) in [5.74, 6) is 0.620. The SMILES string of the molecule is Cc1ccccc1-n1c(CNC2=C(C(=N)I)C(N)N=CN2)cc2cccc(C)c2c1=O. The monoisotopic (exact) mass is 526 g/mol. The number of aryl methyl sites for hydroxylation is 2. The summed E-state index contributed by atoms with van der Waals surface area (Å²) in [5.41, 5.74) is 10.2. The van der Waals surface area contributed by atoms with E-state index in [2.05, 4.69) is 15.6 Å². The molecule has 1 aromatic heterocycles. The predicted octanol–water partition coefficient (Wildman–Crippen LogP) is 3.24. The second-order valence-corrected chi connectivity index (χ2v) is 8.50. The third kappa shape index (κ3) is 4.00. The Hall–Kier alpha value is -2.98. The quantitative estimate of drug-likeness (QED) is 0.303. The van der Waals surface area contributed by atoms with Gasteiger partial charge in [-0.3, -0.25) is 19.8 Å². The smallest absolute Gasteiger partial charge is 0.263 e. The molecule has 3 aromatic rings. The molecule has 0 bridgehead atoms. The van der Waals surface area contributed by atoms with Crippen molar-refractivity contribution in [1.29, 1.82) is 5.41 Å². The molecule has 7 nitrogen and oxygen atoms in total. The van der Waals surface area contributed by atoms with Gasteiger partial charge in [0.2, 0.25) is 0 Å². The molecule has 31 heavy (non-hydrogen) atoms. The molecule has 0 amide bonds. The summed E-state index contributed by atoms with van der Waals surface area (Å²) < 4.78 is 2.08. The van der Waals surface area contributed by atoms with Crippen LogP contribution < -0.4 is 21.9 Å². The minimum Gasteiger partial charge on any atom is -0.366 e. The zero-order valence-electron chi connectivity index (χ0n) is 17.2. The fraction of sp³-hybridized carbons (Fsp3) is 0.174. The van der Waals surface area contributed by atoms with Gasteiger partial charge in [-0.1, -0.05) is 36.4 Å². The number of rotatable bonds is 5. The molecule has 158 valence electrons. The summed E-state index contributed by atoms with van der Waals surface area (Å²) in [7, 11) is 0. The highest BCUT2D eigenvalue weighted by molar-refractivity contribution is 14.1. The number of benzene rings is 2. The zero-order valence-corrected chi connectivity index (χ0v) is 19.4. The number of nitrogens with two attached hydrogens (primary N) is 1. The lowest BCUT2D eigenvalue weighted by Gasteiger charge is -2.23. The molecule has 0 fully saturated rings. The number of aromatic nitrogens is 1. The molecule has 0 saturated heterocycles. The van der Waals surface area contributed by atoms with E-state index in [9.17, 15) is 4.79 Å². The normalized spacial score (nSPS) is 15.8. The molecule has 0 saturated carbocycles. The average molecular weight is 526 g/mol. The van der Waals surface area contributed by atoms with Crippen molar-refractivity contribution >= 4 is 43.4 Å². The van der Waals surface area contributed by atoms with Gasteiger partial charge in [0.25, 0.3) is 5.56 Å². The number of halogens is 1. The Morgan fingerprint density at radius 2 is 1.97 bits per heavy atom. The summed E-state index contributed by atoms with van der Waals surface area (Å²) >= 11 is 1.92. The highest BCUT2D eigenvalue weighted by atomic mass is 127. The van der Waals surface area contributed by atoms with Gasteiger partial charge in [-0.15, -0.1) is 0 Å². The van der Waals surface area contributed by atoms with Crippen LogP contribution >= 0.6 is 22.6 Å². The van der Waals surface area contributed by atoms with Crippen molar-refractivity contribution < 1.29 is 0 Å². The average Bonchev–Trinajstić information content (AvgIpc) is 2.73. The first kappa shape index (κ1) is 21.3. The van der Waals surface area contributed by atoms with Crippen LogP contribution in [0.25, 0.3) is 16.5 Å². The van der Waals surface area contributed by atoms with Crippen molar-refractivity contribution in [2.24, 2.45) is 10.7 Å². The van der Waals surface area contributed by atoms with E-state index in [0.717, 1.165) is 27.9 Å². The molecular weight excluding hydrogens is 503 g/mol. The minimum atomic E-state index is -0.606. The Kier molecular flexibility index (Phi) is 5.92. The number of pyridine rings is 1. The molecule has 4 rings (SSSR count). The van der Waals surface area contributed by atoms with E-state index in [4.69, 9.17) is 11.1 Å². The lowest BCUT2D eigenvalue weighted by Crippen LogP contribution is -2.39. The second-order valence-electron chi connectivity index (χ2n) is 7.43. The Morgan fingerprint density at radius 1 is 1.23 bits per heavy atom. The van der Waals surface area contributed by atoms with Gasteiger partial charge in [0.1, 0.15) is 15.7 Å². The Balaban J connectivity index is 1.87. The Morgan fingerprint density at radius 3 is 2.71 bits per heavy atom. The Bertz CT molecular complexity index is 1310. The summed E-state index contributed by atoms with van der Waals surface area (Å²) in [4.78, 5) is 17.8. The van der Waals surface area contributed by atoms with Crippen molar-refractivity contribution in [3.8, 4) is 5.69 Å². The van der Waals surface area contributed by atoms with Crippen LogP contribution in [-0.2, 0) is 6.54 Å². The van der Waals surface area contributed by atoms with E-state index >= 15 is 0 Å². The predicted molar refractivity (Wildman–Crippen MR) is 134 cm³/mol. The van der Waals surface area contributed by atoms with Crippen LogP contribution in [-0.4, -0.2) is 20.8 Å². The van der Waals surface area contributed by atoms with Crippen LogP contribution in [0.1, 0.15) is 16.8 Å². The van der Waals surface area contributed by atoms with Gasteiger partial charge in [0.15, 0.2) is 0 Å². The standard InChI is InChI=1S/C23H23IN6O/c1-13-6-3-4-9-17(13)30-16(10-15-8-5-7-14(2)18(15)23(30)31)11-27-22-19(20(24)25)21(26)28-12-29-22/h3-10,12,21,25,27H,11,26H2,1-2H3,(H,28,29). The molecular formula is C23H23IN6O. The second kappa shape index (κ2) is 8.64. The molecule has 0 aliphatic carbocycles. The van der Waals surface area contributed by atoms with Gasteiger partial charge in [-0.05, 0) is 65.1 Å². The molecule has 5 N–H and O–H groups in total. The van der Waals surface area contributed by atoms with Crippen LogP contribution in [0.15, 0.2) is 69.7 Å². The molecule has 0 spiro atoms. The van der Waals surface area contributed by atoms with E-state index < -0.39 is 6.17 Å². The molecule has 1 aliphatic heterocycles. The molecule has 2 heterocycles. The number of hydrogen-bond acceptors (Lipinski definition) is 6. The number of fused-ring (bicyclic) bond motifs is 1. The van der Waals surface area contributed by atoms with E-state index in [1.54, 1.807) is 4.57 Å². The fourth-order valence-electron chi connectivity index (χ4n) is 3.84. The van der Waals surface area contributed by atoms with E-state index in [-0.39, 0.29) is 5.56 Å². The molecule has 2 aromatic carbocycles. The van der Waals surface area contributed by atoms with Crippen molar-refractivity contribution in [2.75, 3.05) is 0 Å². The summed E-state index contributed by atoms with van der Waals surface area (Å²) in [6.07, 6.45) is 0.916. The van der Waals surface area contributed by atoms with E-state index in [0.29, 0.717) is 27.0 Å². The van der Waals surface area contributed by atoms with Crippen molar-refractivity contribution in [3.63, 3.8) is 0 Å². The largest absolute Gasteiger partial charge is 0.366 e.